The Kier molecular flexibility index (Phi) is 20.6. The zero-order valence-electron chi connectivity index (χ0n) is 54.7. The van der Waals surface area contributed by atoms with E-state index < -0.39 is 42.3 Å². The van der Waals surface area contributed by atoms with Crippen molar-refractivity contribution in [2.75, 3.05) is 56.7 Å². The molecule has 98 heavy (non-hydrogen) atoms. The number of ether oxygens (including phenoxy) is 4. The summed E-state index contributed by atoms with van der Waals surface area (Å²) < 4.78 is 73.3. The molecular formula is C76H83Cl2N5O13S2. The van der Waals surface area contributed by atoms with Crippen LogP contribution < -0.4 is 44.3 Å². The number of amides is 3. The summed E-state index contributed by atoms with van der Waals surface area (Å²) in [6, 6.07) is 56.8. The van der Waals surface area contributed by atoms with Gasteiger partial charge in [-0.2, -0.15) is 0 Å². The normalized spacial score (nSPS) is 14.9. The summed E-state index contributed by atoms with van der Waals surface area (Å²) in [6.07, 6.45) is 5.75. The lowest BCUT2D eigenvalue weighted by Crippen LogP contribution is -2.28. The van der Waals surface area contributed by atoms with E-state index in [9.17, 15) is 36.0 Å². The van der Waals surface area contributed by atoms with Crippen molar-refractivity contribution in [3.05, 3.63) is 237 Å². The number of fused-ring (bicyclic) bond motifs is 1. The number of carbonyl (C=O) groups is 4. The average molecular weight is 1410 g/mol. The van der Waals surface area contributed by atoms with Crippen LogP contribution >= 0.6 is 23.2 Å². The number of anilines is 3. The molecule has 4 aliphatic rings. The minimum Gasteiger partial charge on any atom is -0.493 e. The van der Waals surface area contributed by atoms with E-state index in [2.05, 4.69) is 25.4 Å². The first-order chi connectivity index (χ1) is 46.9. The van der Waals surface area contributed by atoms with Crippen molar-refractivity contribution in [1.82, 2.24) is 9.44 Å². The predicted octanol–water partition coefficient (Wildman–Crippen LogP) is 15.7. The highest BCUT2D eigenvalue weighted by Gasteiger charge is 2.53. The Labute approximate surface area is 587 Å². The highest BCUT2D eigenvalue weighted by molar-refractivity contribution is 7.89. The van der Waals surface area contributed by atoms with Gasteiger partial charge < -0.3 is 40.0 Å². The van der Waals surface area contributed by atoms with Gasteiger partial charge >= 0.3 is 5.97 Å². The summed E-state index contributed by atoms with van der Waals surface area (Å²) in [4.78, 5) is 51.0. The fraction of sp³-hybridized carbons (Fsp3) is 0.237. The van der Waals surface area contributed by atoms with Gasteiger partial charge in [0.1, 0.15) is 13.2 Å². The van der Waals surface area contributed by atoms with Gasteiger partial charge in [-0.3, -0.25) is 14.4 Å². The molecule has 6 N–H and O–H groups in total. The molecular weight excluding hydrogens is 1330 g/mol. The summed E-state index contributed by atoms with van der Waals surface area (Å²) in [7, 11) is -2.20. The third-order valence-electron chi connectivity index (χ3n) is 18.2. The minimum atomic E-state index is -3.49. The quantitative estimate of drug-likeness (QED) is 0.0416. The van der Waals surface area contributed by atoms with Crippen molar-refractivity contribution in [2.45, 2.75) is 80.1 Å². The number of carboxylic acids is 1. The number of hydrogen-bond acceptors (Lipinski definition) is 12. The number of sulfonamides is 2. The third kappa shape index (κ3) is 15.7. The largest absolute Gasteiger partial charge is 0.493 e. The van der Waals surface area contributed by atoms with Gasteiger partial charge in [0.15, 0.2) is 23.0 Å². The fourth-order valence-corrected chi connectivity index (χ4v) is 13.3. The number of rotatable bonds is 20. The second-order valence-electron chi connectivity index (χ2n) is 24.7. The van der Waals surface area contributed by atoms with E-state index in [1.54, 1.807) is 74.9 Å². The average Bonchev–Trinajstić information content (AvgIpc) is 1.61. The summed E-state index contributed by atoms with van der Waals surface area (Å²) in [5.74, 6) is 1.51. The molecule has 0 aromatic heterocycles. The molecule has 18 nitrogen and oxygen atoms in total. The minimum absolute atomic E-state index is 0. The maximum atomic E-state index is 13.3. The zero-order valence-corrected chi connectivity index (χ0v) is 57.8. The molecule has 3 aliphatic carbocycles. The number of carbonyl (C=O) groups excluding carboxylic acids is 3. The van der Waals surface area contributed by atoms with Gasteiger partial charge in [-0.1, -0.05) is 114 Å². The summed E-state index contributed by atoms with van der Waals surface area (Å²) in [6.45, 7) is 5.29. The van der Waals surface area contributed by atoms with Crippen LogP contribution in [-0.2, 0) is 57.2 Å². The monoisotopic (exact) mass is 1410 g/mol. The number of carboxylic acid groups (broad SMARTS) is 1. The Morgan fingerprint density at radius 2 is 0.990 bits per heavy atom. The van der Waals surface area contributed by atoms with Crippen LogP contribution in [-0.4, -0.2) is 86.4 Å². The predicted molar refractivity (Wildman–Crippen MR) is 393 cm³/mol. The Bertz CT molecular complexity index is 4800. The van der Waals surface area contributed by atoms with Gasteiger partial charge in [0.2, 0.25) is 37.8 Å². The Balaban J connectivity index is 0.000000237. The van der Waals surface area contributed by atoms with E-state index in [1.807, 2.05) is 141 Å². The van der Waals surface area contributed by atoms with E-state index in [4.69, 9.17) is 47.3 Å². The van der Waals surface area contributed by atoms with Crippen molar-refractivity contribution in [2.24, 2.45) is 0 Å². The molecule has 9 aromatic rings. The number of benzene rings is 9. The molecule has 516 valence electrons. The molecule has 0 unspecified atom stereocenters. The first kappa shape index (κ1) is 69.8. The number of methoxy groups -OCH3 is 2. The maximum Gasteiger partial charge on any atom is 0.335 e. The molecule has 13 rings (SSSR count). The number of aryl methyl sites for hydroxylation is 2. The molecule has 0 radical (unpaired) electrons. The van der Waals surface area contributed by atoms with E-state index >= 15 is 0 Å². The molecule has 3 fully saturated rings. The van der Waals surface area contributed by atoms with Gasteiger partial charge in [-0.05, 0) is 223 Å². The van der Waals surface area contributed by atoms with Crippen LogP contribution in [0.1, 0.15) is 89.4 Å². The van der Waals surface area contributed by atoms with Crippen molar-refractivity contribution in [3.63, 3.8) is 0 Å². The van der Waals surface area contributed by atoms with Gasteiger partial charge in [0.25, 0.3) is 0 Å². The van der Waals surface area contributed by atoms with E-state index in [0.717, 1.165) is 117 Å². The molecule has 1 aliphatic heterocycles. The second-order valence-corrected chi connectivity index (χ2v) is 29.2. The molecule has 0 bridgehead atoms. The smallest absolute Gasteiger partial charge is 0.335 e. The van der Waals surface area contributed by atoms with Gasteiger partial charge in [-0.15, -0.1) is 0 Å². The number of nitrogens with one attached hydrogen (secondary N) is 5. The molecule has 0 saturated heterocycles. The first-order valence-corrected chi connectivity index (χ1v) is 35.8. The lowest BCUT2D eigenvalue weighted by atomic mass is 9.94. The summed E-state index contributed by atoms with van der Waals surface area (Å²) in [5, 5.41) is 19.2. The van der Waals surface area contributed by atoms with Crippen molar-refractivity contribution < 1.29 is 67.2 Å². The summed E-state index contributed by atoms with van der Waals surface area (Å²) >= 11 is 12.2. The van der Waals surface area contributed by atoms with Crippen LogP contribution in [0.25, 0.3) is 33.4 Å². The molecule has 22 heteroatoms. The molecule has 9 aromatic carbocycles. The standard InChI is InChI=1S/C26H23NO5.C25H24Cl2N2O3S.C25H26N2O5S.5H2/c1-16-2-8-20(15-21(16)17-3-5-18(6-4-17)24(28)29)27-25(30)26(10-11-26)19-7-9-22-23(14-19)32-13-12-31-22;1-16-3-9-20(14-21(16)18-6-4-17(5-7-18)15-28-33(2,31)32)29-24(30)25(11-12-25)19-8-10-22(26)23(27)13-19;1-26-33(29,30)21-10-7-17(8-11-21)18-5-4-6-20(15-18)27-24(28)25(13-14-25)19-9-12-22(31-2)23(16-19)32-3;;;;;/h2-9,14-15H,10-13H2,1H3,(H,27,30)(H,28,29);3-10,13-14,28H,11-12,15H2,1-2H3,(H,29,30);4-12,15-16,26H,13-14H2,1-3H3,(H,27,28);5*1H. The van der Waals surface area contributed by atoms with Crippen molar-refractivity contribution in [1.29, 1.82) is 0 Å². The number of halogens is 2. The zero-order chi connectivity index (χ0) is 69.7. The van der Waals surface area contributed by atoms with E-state index in [-0.39, 0.29) is 41.9 Å². The van der Waals surface area contributed by atoms with Gasteiger partial charge in [0, 0.05) is 30.7 Å². The number of aromatic carboxylic acids is 1. The molecule has 1 heterocycles. The van der Waals surface area contributed by atoms with Crippen LogP contribution in [0.5, 0.6) is 23.0 Å². The lowest BCUT2D eigenvalue weighted by Gasteiger charge is -2.22. The Morgan fingerprint density at radius 3 is 1.49 bits per heavy atom. The highest BCUT2D eigenvalue weighted by atomic mass is 35.5. The van der Waals surface area contributed by atoms with Crippen molar-refractivity contribution in [3.8, 4) is 56.4 Å². The van der Waals surface area contributed by atoms with Crippen molar-refractivity contribution >= 4 is 84.0 Å². The van der Waals surface area contributed by atoms with Crippen LogP contribution in [0.3, 0.4) is 0 Å². The van der Waals surface area contributed by atoms with Crippen LogP contribution in [0.2, 0.25) is 10.0 Å². The SMILES string of the molecule is CNS(=O)(=O)c1ccc(-c2cccc(NC(=O)C3(c4ccc(OC)c(OC)c4)CC3)c2)cc1.Cc1ccc(NC(=O)C2(c3ccc(Cl)c(Cl)c3)CC2)cc1-c1ccc(CNS(C)(=O)=O)cc1.Cc1ccc(NC(=O)C2(c3ccc4c(c3)OCCO4)CC2)cc1-c1ccc(C(=O)O)cc1.[HH].[HH].[HH].[HH].[HH]. The second kappa shape index (κ2) is 28.9. The van der Waals surface area contributed by atoms with Crippen LogP contribution in [0.15, 0.2) is 193 Å². The van der Waals surface area contributed by atoms with E-state index in [1.165, 1.54) is 7.05 Å². The van der Waals surface area contributed by atoms with Gasteiger partial charge in [-0.25, -0.2) is 31.1 Å². The summed E-state index contributed by atoms with van der Waals surface area (Å²) in [5.41, 5.74) is 11.9. The third-order valence-corrected chi connectivity index (χ3v) is 21.0. The van der Waals surface area contributed by atoms with E-state index in [0.29, 0.717) is 57.6 Å². The highest BCUT2D eigenvalue weighted by Crippen LogP contribution is 2.53. The first-order valence-electron chi connectivity index (χ1n) is 31.6. The topological polar surface area (TPSA) is 254 Å². The molecule has 0 atom stereocenters. The Morgan fingerprint density at radius 1 is 0.510 bits per heavy atom. The fourth-order valence-electron chi connectivity index (χ4n) is 11.9. The van der Waals surface area contributed by atoms with Gasteiger partial charge in [0.05, 0.1) is 57.2 Å². The lowest BCUT2D eigenvalue weighted by molar-refractivity contribution is -0.119. The maximum absolute atomic E-state index is 13.3. The molecule has 0 spiro atoms. The molecule has 3 amide bonds. The Hall–Kier alpha value is -9.54. The number of hydrogen-bond donors (Lipinski definition) is 6. The molecule has 3 saturated carbocycles. The van der Waals surface area contributed by atoms with Crippen LogP contribution in [0, 0.1) is 13.8 Å². The van der Waals surface area contributed by atoms with Crippen LogP contribution in [0.4, 0.5) is 17.1 Å².